The van der Waals surface area contributed by atoms with Crippen LogP contribution in [0.1, 0.15) is 25.3 Å². The van der Waals surface area contributed by atoms with Gasteiger partial charge >= 0.3 is 0 Å². The molecule has 16 heavy (non-hydrogen) atoms. The molecule has 84 valence electrons. The summed E-state index contributed by atoms with van der Waals surface area (Å²) < 4.78 is 0.949. The van der Waals surface area contributed by atoms with Gasteiger partial charge in [0.2, 0.25) is 0 Å². The second-order valence-electron chi connectivity index (χ2n) is 3.67. The Kier molecular flexibility index (Phi) is 6.14. The molecule has 0 fully saturated rings. The Morgan fingerprint density at radius 2 is 2.12 bits per heavy atom. The quantitative estimate of drug-likeness (QED) is 0.581. The summed E-state index contributed by atoms with van der Waals surface area (Å²) in [5.74, 6) is 1.16. The van der Waals surface area contributed by atoms with Gasteiger partial charge in [0.25, 0.3) is 0 Å². The van der Waals surface area contributed by atoms with E-state index >= 15 is 0 Å². The highest BCUT2D eigenvalue weighted by atomic mass is 32.2. The monoisotopic (exact) mass is 249 g/mol. The molecule has 0 saturated carbocycles. The molecule has 0 aromatic heterocycles. The lowest BCUT2D eigenvalue weighted by Crippen LogP contribution is -1.95. The highest BCUT2D eigenvalue weighted by molar-refractivity contribution is 8.23. The van der Waals surface area contributed by atoms with Gasteiger partial charge in [0, 0.05) is 5.92 Å². The zero-order chi connectivity index (χ0) is 11.8. The molecular formula is C13H15NS2. The number of thioether (sulfide) groups is 1. The molecule has 0 amide bonds. The van der Waals surface area contributed by atoms with Crippen LogP contribution in [0.5, 0.6) is 0 Å². The van der Waals surface area contributed by atoms with Crippen LogP contribution in [0.3, 0.4) is 0 Å². The Labute approximate surface area is 107 Å². The van der Waals surface area contributed by atoms with Crippen molar-refractivity contribution in [2.24, 2.45) is 5.92 Å². The van der Waals surface area contributed by atoms with E-state index < -0.39 is 0 Å². The predicted octanol–water partition coefficient (Wildman–Crippen LogP) is 4.04. The van der Waals surface area contributed by atoms with E-state index in [0.29, 0.717) is 0 Å². The molecule has 0 radical (unpaired) electrons. The summed E-state index contributed by atoms with van der Waals surface area (Å²) in [5, 5.41) is 8.64. The number of nitriles is 1. The SMILES string of the molecule is CC(C#N)CCCSC(=S)c1ccccc1. The standard InChI is InChI=1S/C13H15NS2/c1-11(10-14)6-5-9-16-13(15)12-7-3-2-4-8-12/h2-4,7-8,11H,5-6,9H2,1H3. The average Bonchev–Trinajstić information content (AvgIpc) is 2.35. The number of nitrogens with zero attached hydrogens (tertiary/aromatic N) is 1. The number of benzene rings is 1. The molecule has 0 aliphatic heterocycles. The molecule has 0 saturated heterocycles. The minimum Gasteiger partial charge on any atom is -0.198 e. The van der Waals surface area contributed by atoms with Crippen molar-refractivity contribution in [3.05, 3.63) is 35.9 Å². The van der Waals surface area contributed by atoms with Crippen LogP contribution < -0.4 is 0 Å². The molecule has 0 bridgehead atoms. The van der Waals surface area contributed by atoms with E-state index in [4.69, 9.17) is 17.5 Å². The number of thiocarbonyl (C=S) groups is 1. The molecule has 1 unspecified atom stereocenters. The second kappa shape index (κ2) is 7.43. The third kappa shape index (κ3) is 4.78. The van der Waals surface area contributed by atoms with E-state index in [1.165, 1.54) is 0 Å². The van der Waals surface area contributed by atoms with Crippen molar-refractivity contribution >= 4 is 28.2 Å². The average molecular weight is 249 g/mol. The zero-order valence-corrected chi connectivity index (χ0v) is 11.0. The summed E-state index contributed by atoms with van der Waals surface area (Å²) in [6.45, 7) is 1.96. The molecule has 1 nitrogen and oxygen atoms in total. The van der Waals surface area contributed by atoms with Gasteiger partial charge in [0.05, 0.1) is 10.3 Å². The van der Waals surface area contributed by atoms with Gasteiger partial charge in [-0.1, -0.05) is 42.5 Å². The van der Waals surface area contributed by atoms with Gasteiger partial charge in [0.15, 0.2) is 0 Å². The largest absolute Gasteiger partial charge is 0.198 e. The Morgan fingerprint density at radius 1 is 1.44 bits per heavy atom. The summed E-state index contributed by atoms with van der Waals surface area (Å²) >= 11 is 7.03. The van der Waals surface area contributed by atoms with Crippen LogP contribution in [0.25, 0.3) is 0 Å². The molecule has 0 N–H and O–H groups in total. The van der Waals surface area contributed by atoms with Gasteiger partial charge in [0.1, 0.15) is 0 Å². The van der Waals surface area contributed by atoms with Crippen molar-refractivity contribution in [2.75, 3.05) is 5.75 Å². The van der Waals surface area contributed by atoms with Gasteiger partial charge in [-0.2, -0.15) is 5.26 Å². The van der Waals surface area contributed by atoms with Crippen molar-refractivity contribution in [1.82, 2.24) is 0 Å². The molecule has 0 aliphatic carbocycles. The fourth-order valence-corrected chi connectivity index (χ4v) is 2.46. The fraction of sp³-hybridized carbons (Fsp3) is 0.385. The molecule has 0 heterocycles. The van der Waals surface area contributed by atoms with Crippen LogP contribution >= 0.6 is 24.0 Å². The fourth-order valence-electron chi connectivity index (χ4n) is 1.28. The van der Waals surface area contributed by atoms with Crippen molar-refractivity contribution < 1.29 is 0 Å². The van der Waals surface area contributed by atoms with Gasteiger partial charge in [-0.3, -0.25) is 0 Å². The Hall–Kier alpha value is -0.850. The Bertz CT molecular complexity index is 367. The number of hydrogen-bond donors (Lipinski definition) is 0. The van der Waals surface area contributed by atoms with E-state index in [1.807, 2.05) is 37.3 Å². The highest BCUT2D eigenvalue weighted by Gasteiger charge is 2.02. The van der Waals surface area contributed by atoms with E-state index in [0.717, 1.165) is 28.4 Å². The second-order valence-corrected chi connectivity index (χ2v) is 5.45. The predicted molar refractivity (Wildman–Crippen MR) is 74.6 cm³/mol. The van der Waals surface area contributed by atoms with Crippen LogP contribution in [0.15, 0.2) is 30.3 Å². The lowest BCUT2D eigenvalue weighted by atomic mass is 10.1. The third-order valence-electron chi connectivity index (χ3n) is 2.24. The molecule has 1 rings (SSSR count). The van der Waals surface area contributed by atoms with Gasteiger partial charge in [-0.05, 0) is 31.1 Å². The topological polar surface area (TPSA) is 23.8 Å². The van der Waals surface area contributed by atoms with Crippen LogP contribution in [0.4, 0.5) is 0 Å². The summed E-state index contributed by atoms with van der Waals surface area (Å²) in [7, 11) is 0. The van der Waals surface area contributed by atoms with Crippen molar-refractivity contribution in [2.45, 2.75) is 19.8 Å². The molecule has 0 aliphatic rings. The zero-order valence-electron chi connectivity index (χ0n) is 9.35. The molecular weight excluding hydrogens is 234 g/mol. The Balaban J connectivity index is 2.24. The van der Waals surface area contributed by atoms with Crippen molar-refractivity contribution in [3.63, 3.8) is 0 Å². The van der Waals surface area contributed by atoms with Crippen LogP contribution in [-0.2, 0) is 0 Å². The summed E-state index contributed by atoms with van der Waals surface area (Å²) in [6.07, 6.45) is 2.01. The number of hydrogen-bond acceptors (Lipinski definition) is 3. The first kappa shape index (κ1) is 13.2. The summed E-state index contributed by atoms with van der Waals surface area (Å²) in [6, 6.07) is 12.3. The van der Waals surface area contributed by atoms with Gasteiger partial charge < -0.3 is 0 Å². The minimum absolute atomic E-state index is 0.158. The normalized spacial score (nSPS) is 11.8. The van der Waals surface area contributed by atoms with Gasteiger partial charge in [-0.25, -0.2) is 0 Å². The van der Waals surface area contributed by atoms with Crippen molar-refractivity contribution in [1.29, 1.82) is 5.26 Å². The van der Waals surface area contributed by atoms with E-state index in [9.17, 15) is 0 Å². The van der Waals surface area contributed by atoms with Crippen molar-refractivity contribution in [3.8, 4) is 6.07 Å². The maximum atomic E-state index is 8.64. The first-order chi connectivity index (χ1) is 7.74. The van der Waals surface area contributed by atoms with E-state index in [-0.39, 0.29) is 5.92 Å². The molecule has 1 atom stereocenters. The minimum atomic E-state index is 0.158. The molecule has 0 spiro atoms. The lowest BCUT2D eigenvalue weighted by Gasteiger charge is -2.04. The summed E-state index contributed by atoms with van der Waals surface area (Å²) in [4.78, 5) is 0. The molecule has 1 aromatic carbocycles. The molecule has 1 aromatic rings. The smallest absolute Gasteiger partial charge is 0.0778 e. The third-order valence-corrected chi connectivity index (χ3v) is 3.82. The summed E-state index contributed by atoms with van der Waals surface area (Å²) in [5.41, 5.74) is 1.12. The first-order valence-electron chi connectivity index (χ1n) is 5.36. The highest BCUT2D eigenvalue weighted by Crippen LogP contribution is 2.16. The number of rotatable bonds is 5. The van der Waals surface area contributed by atoms with Gasteiger partial charge in [-0.15, -0.1) is 11.8 Å². The Morgan fingerprint density at radius 3 is 2.75 bits per heavy atom. The van der Waals surface area contributed by atoms with Crippen LogP contribution in [0.2, 0.25) is 0 Å². The lowest BCUT2D eigenvalue weighted by molar-refractivity contribution is 0.650. The van der Waals surface area contributed by atoms with Crippen LogP contribution in [-0.4, -0.2) is 9.95 Å². The maximum absolute atomic E-state index is 8.64. The van der Waals surface area contributed by atoms with E-state index in [1.54, 1.807) is 11.8 Å². The van der Waals surface area contributed by atoms with Crippen LogP contribution in [0, 0.1) is 17.2 Å². The first-order valence-corrected chi connectivity index (χ1v) is 6.75. The maximum Gasteiger partial charge on any atom is 0.0778 e. The van der Waals surface area contributed by atoms with E-state index in [2.05, 4.69) is 6.07 Å². The molecule has 3 heteroatoms.